The summed E-state index contributed by atoms with van der Waals surface area (Å²) in [4.78, 5) is 24.0. The minimum absolute atomic E-state index is 0.0322. The second-order valence-corrected chi connectivity index (χ2v) is 6.55. The number of esters is 1. The largest absolute Gasteiger partial charge is 0.510 e. The number of methoxy groups -OCH3 is 1. The van der Waals surface area contributed by atoms with Crippen LogP contribution >= 0.6 is 11.8 Å². The molecule has 8 heteroatoms. The third-order valence-corrected chi connectivity index (χ3v) is 4.80. The van der Waals surface area contributed by atoms with Crippen molar-refractivity contribution in [1.82, 2.24) is 19.5 Å². The van der Waals surface area contributed by atoms with Gasteiger partial charge in [-0.25, -0.2) is 14.8 Å². The first-order valence-corrected chi connectivity index (χ1v) is 9.22. The first kappa shape index (κ1) is 18.1. The smallest absolute Gasteiger partial charge is 0.345 e. The van der Waals surface area contributed by atoms with E-state index in [-0.39, 0.29) is 22.9 Å². The highest BCUT2D eigenvalue weighted by Gasteiger charge is 2.22. The van der Waals surface area contributed by atoms with Gasteiger partial charge in [0.2, 0.25) is 0 Å². The molecule has 0 aliphatic rings. The fourth-order valence-electron chi connectivity index (χ4n) is 2.58. The zero-order valence-electron chi connectivity index (χ0n) is 14.6. The number of aromatic amines is 1. The number of para-hydroxylation sites is 2. The van der Waals surface area contributed by atoms with Gasteiger partial charge in [-0.05, 0) is 18.6 Å². The van der Waals surface area contributed by atoms with Crippen molar-refractivity contribution >= 4 is 34.3 Å². The van der Waals surface area contributed by atoms with E-state index in [0.29, 0.717) is 5.52 Å². The predicted molar refractivity (Wildman–Crippen MR) is 101 cm³/mol. The van der Waals surface area contributed by atoms with Crippen LogP contribution in [0.4, 0.5) is 0 Å². The first-order valence-electron chi connectivity index (χ1n) is 8.23. The lowest BCUT2D eigenvalue weighted by molar-refractivity contribution is -0.133. The summed E-state index contributed by atoms with van der Waals surface area (Å²) in [7, 11) is 1.28. The Hall–Kier alpha value is -2.74. The fourth-order valence-corrected chi connectivity index (χ4v) is 3.44. The molecule has 0 spiro atoms. The Balaban J connectivity index is 1.90. The second-order valence-electron chi connectivity index (χ2n) is 5.61. The standard InChI is InChI=1S/C18H20N4O3S/c1-3-9-22-10-8-19-18(22)26-11-14(23)15(17(24)25-2)16-20-12-6-4-5-7-13(12)21-16/h4-8,10,23H,3,9,11H2,1-2H3,(H,20,21). The van der Waals surface area contributed by atoms with E-state index < -0.39 is 5.97 Å². The van der Waals surface area contributed by atoms with Crippen LogP contribution in [0.1, 0.15) is 19.2 Å². The summed E-state index contributed by atoms with van der Waals surface area (Å²) in [6.45, 7) is 2.93. The number of aromatic nitrogens is 4. The molecule has 0 saturated carbocycles. The zero-order valence-corrected chi connectivity index (χ0v) is 15.4. The van der Waals surface area contributed by atoms with E-state index in [2.05, 4.69) is 21.9 Å². The van der Waals surface area contributed by atoms with E-state index in [0.717, 1.165) is 23.6 Å². The average molecular weight is 372 g/mol. The number of carbonyl (C=O) groups is 1. The Morgan fingerprint density at radius 2 is 2.19 bits per heavy atom. The Morgan fingerprint density at radius 1 is 1.38 bits per heavy atom. The topological polar surface area (TPSA) is 93.0 Å². The molecule has 3 rings (SSSR count). The van der Waals surface area contributed by atoms with Gasteiger partial charge in [-0.3, -0.25) is 0 Å². The molecule has 26 heavy (non-hydrogen) atoms. The van der Waals surface area contributed by atoms with Crippen molar-refractivity contribution in [2.75, 3.05) is 12.9 Å². The molecule has 0 fully saturated rings. The summed E-state index contributed by atoms with van der Waals surface area (Å²) in [5.74, 6) is -0.276. The highest BCUT2D eigenvalue weighted by atomic mass is 32.2. The number of benzene rings is 1. The molecule has 0 aliphatic heterocycles. The number of aliphatic hydroxyl groups excluding tert-OH is 1. The number of rotatable bonds is 7. The molecule has 0 radical (unpaired) electrons. The number of thioether (sulfide) groups is 1. The van der Waals surface area contributed by atoms with Crippen LogP contribution in [0.15, 0.2) is 47.6 Å². The third-order valence-electron chi connectivity index (χ3n) is 3.78. The van der Waals surface area contributed by atoms with Gasteiger partial charge in [0.15, 0.2) is 5.16 Å². The molecule has 7 nitrogen and oxygen atoms in total. The Bertz CT molecular complexity index is 912. The van der Waals surface area contributed by atoms with Gasteiger partial charge in [0, 0.05) is 18.9 Å². The minimum atomic E-state index is -0.640. The minimum Gasteiger partial charge on any atom is -0.510 e. The molecule has 1 aromatic carbocycles. The van der Waals surface area contributed by atoms with Gasteiger partial charge in [0.05, 0.1) is 23.9 Å². The van der Waals surface area contributed by atoms with Crippen LogP contribution in [0.5, 0.6) is 0 Å². The van der Waals surface area contributed by atoms with Gasteiger partial charge in [-0.1, -0.05) is 30.8 Å². The Labute approximate surface area is 155 Å². The van der Waals surface area contributed by atoms with E-state index in [4.69, 9.17) is 4.74 Å². The summed E-state index contributed by atoms with van der Waals surface area (Å²) in [6.07, 6.45) is 4.60. The van der Waals surface area contributed by atoms with Crippen LogP contribution in [-0.2, 0) is 16.1 Å². The van der Waals surface area contributed by atoms with Crippen molar-refractivity contribution in [3.63, 3.8) is 0 Å². The van der Waals surface area contributed by atoms with E-state index >= 15 is 0 Å². The molecule has 2 heterocycles. The van der Waals surface area contributed by atoms with E-state index in [1.54, 1.807) is 6.20 Å². The lowest BCUT2D eigenvalue weighted by Gasteiger charge is -2.08. The number of nitrogens with one attached hydrogen (secondary N) is 1. The molecule has 0 aliphatic carbocycles. The number of nitrogens with zero attached hydrogens (tertiary/aromatic N) is 3. The molecule has 3 aromatic rings. The molecule has 0 amide bonds. The molecule has 0 bridgehead atoms. The van der Waals surface area contributed by atoms with Gasteiger partial charge in [0.1, 0.15) is 17.2 Å². The molecule has 2 N–H and O–H groups in total. The molecule has 136 valence electrons. The van der Waals surface area contributed by atoms with Gasteiger partial charge in [-0.2, -0.15) is 0 Å². The lowest BCUT2D eigenvalue weighted by Crippen LogP contribution is -2.10. The van der Waals surface area contributed by atoms with Crippen LogP contribution in [0.2, 0.25) is 0 Å². The van der Waals surface area contributed by atoms with Crippen LogP contribution in [0, 0.1) is 0 Å². The summed E-state index contributed by atoms with van der Waals surface area (Å²) < 4.78 is 6.85. The summed E-state index contributed by atoms with van der Waals surface area (Å²) >= 11 is 1.35. The quantitative estimate of drug-likeness (QED) is 0.286. The van der Waals surface area contributed by atoms with E-state index in [1.807, 2.05) is 35.0 Å². The molecule has 2 aromatic heterocycles. The summed E-state index contributed by atoms with van der Waals surface area (Å²) in [6, 6.07) is 7.42. The van der Waals surface area contributed by atoms with Crippen LogP contribution in [-0.4, -0.2) is 43.5 Å². The first-order chi connectivity index (χ1) is 12.6. The summed E-state index contributed by atoms with van der Waals surface area (Å²) in [5.41, 5.74) is 1.52. The summed E-state index contributed by atoms with van der Waals surface area (Å²) in [5, 5.41) is 11.4. The maximum atomic E-state index is 12.2. The SMILES string of the molecule is CCCn1ccnc1SCC(O)=C(C(=O)OC)c1nc2ccccc2[nH]1. The lowest BCUT2D eigenvalue weighted by atomic mass is 10.2. The number of aryl methyl sites for hydroxylation is 1. The predicted octanol–water partition coefficient (Wildman–Crippen LogP) is 3.40. The number of hydrogen-bond acceptors (Lipinski definition) is 6. The van der Waals surface area contributed by atoms with Crippen LogP contribution < -0.4 is 0 Å². The normalized spacial score (nSPS) is 12.2. The molecule has 0 unspecified atom stereocenters. The molecule has 0 saturated heterocycles. The van der Waals surface area contributed by atoms with Crippen molar-refractivity contribution in [1.29, 1.82) is 0 Å². The number of aliphatic hydroxyl groups is 1. The number of fused-ring (bicyclic) bond motifs is 1. The van der Waals surface area contributed by atoms with Crippen LogP contribution in [0.3, 0.4) is 0 Å². The van der Waals surface area contributed by atoms with Crippen molar-refractivity contribution in [2.45, 2.75) is 25.0 Å². The Kier molecular flexibility index (Phi) is 5.62. The number of imidazole rings is 2. The van der Waals surface area contributed by atoms with Gasteiger partial charge < -0.3 is 19.4 Å². The Morgan fingerprint density at radius 3 is 2.92 bits per heavy atom. The van der Waals surface area contributed by atoms with Crippen molar-refractivity contribution in [3.05, 3.63) is 48.2 Å². The molecular formula is C18H20N4O3S. The number of hydrogen-bond donors (Lipinski definition) is 2. The fraction of sp³-hybridized carbons (Fsp3) is 0.278. The number of H-pyrrole nitrogens is 1. The van der Waals surface area contributed by atoms with Crippen molar-refractivity contribution < 1.29 is 14.6 Å². The zero-order chi connectivity index (χ0) is 18.5. The molecular weight excluding hydrogens is 352 g/mol. The maximum Gasteiger partial charge on any atom is 0.345 e. The third kappa shape index (κ3) is 3.75. The highest BCUT2D eigenvalue weighted by Crippen LogP contribution is 2.25. The van der Waals surface area contributed by atoms with Crippen molar-refractivity contribution in [2.24, 2.45) is 0 Å². The van der Waals surface area contributed by atoms with Gasteiger partial charge in [0.25, 0.3) is 0 Å². The van der Waals surface area contributed by atoms with E-state index in [9.17, 15) is 9.90 Å². The number of ether oxygens (including phenoxy) is 1. The monoisotopic (exact) mass is 372 g/mol. The highest BCUT2D eigenvalue weighted by molar-refractivity contribution is 7.99. The number of carbonyl (C=O) groups excluding carboxylic acids is 1. The van der Waals surface area contributed by atoms with Gasteiger partial charge in [-0.15, -0.1) is 0 Å². The average Bonchev–Trinajstić information content (AvgIpc) is 3.26. The van der Waals surface area contributed by atoms with Crippen LogP contribution in [0.25, 0.3) is 16.6 Å². The maximum absolute atomic E-state index is 12.2. The molecule has 0 atom stereocenters. The van der Waals surface area contributed by atoms with Gasteiger partial charge >= 0.3 is 5.97 Å². The van der Waals surface area contributed by atoms with E-state index in [1.165, 1.54) is 18.9 Å². The second kappa shape index (κ2) is 8.09. The van der Waals surface area contributed by atoms with Crippen molar-refractivity contribution in [3.8, 4) is 0 Å².